The molecule has 0 atom stereocenters. The van der Waals surface area contributed by atoms with Gasteiger partial charge in [0.1, 0.15) is 5.82 Å². The van der Waals surface area contributed by atoms with Crippen LogP contribution in [0.3, 0.4) is 0 Å². The molecule has 0 radical (unpaired) electrons. The van der Waals surface area contributed by atoms with Crippen LogP contribution in [0.5, 0.6) is 0 Å². The van der Waals surface area contributed by atoms with Gasteiger partial charge < -0.3 is 9.88 Å². The topological polar surface area (TPSA) is 62.5 Å². The Kier molecular flexibility index (Phi) is 5.04. The fourth-order valence-corrected chi connectivity index (χ4v) is 3.88. The highest BCUT2D eigenvalue weighted by Crippen LogP contribution is 2.37. The molecule has 1 aromatic carbocycles. The third-order valence-corrected chi connectivity index (χ3v) is 6.01. The molecular formula is C21H22FN5OS. The van der Waals surface area contributed by atoms with Crippen LogP contribution in [-0.2, 0) is 11.8 Å². The zero-order valence-electron chi connectivity index (χ0n) is 16.6. The van der Waals surface area contributed by atoms with Crippen molar-refractivity contribution in [3.8, 4) is 11.3 Å². The van der Waals surface area contributed by atoms with Crippen molar-refractivity contribution in [2.24, 2.45) is 18.1 Å². The lowest BCUT2D eigenvalue weighted by atomic mass is 9.99. The van der Waals surface area contributed by atoms with Gasteiger partial charge in [0.2, 0.25) is 5.91 Å². The summed E-state index contributed by atoms with van der Waals surface area (Å²) in [6.07, 6.45) is 3.69. The number of carbonyl (C=O) groups is 1. The molecule has 4 rings (SSSR count). The van der Waals surface area contributed by atoms with E-state index in [1.807, 2.05) is 39.1 Å². The highest BCUT2D eigenvalue weighted by molar-refractivity contribution is 7.95. The summed E-state index contributed by atoms with van der Waals surface area (Å²) in [5.74, 6) is 0.749. The van der Waals surface area contributed by atoms with E-state index in [2.05, 4.69) is 32.8 Å². The van der Waals surface area contributed by atoms with Gasteiger partial charge in [-0.2, -0.15) is 9.52 Å². The minimum absolute atomic E-state index is 0.0235. The second-order valence-corrected chi connectivity index (χ2v) is 7.83. The highest BCUT2D eigenvalue weighted by atomic mass is 32.2. The van der Waals surface area contributed by atoms with Crippen molar-refractivity contribution < 1.29 is 8.68 Å². The third kappa shape index (κ3) is 3.48. The van der Waals surface area contributed by atoms with Crippen LogP contribution in [0.4, 0.5) is 15.4 Å². The molecule has 2 aromatic heterocycles. The average Bonchev–Trinajstić information content (AvgIpc) is 3.51. The number of nitrogens with zero attached hydrogens (tertiary/aromatic N) is 4. The number of fused-ring (bicyclic) bond motifs is 1. The van der Waals surface area contributed by atoms with Crippen molar-refractivity contribution in [2.75, 3.05) is 9.73 Å². The van der Waals surface area contributed by atoms with Crippen molar-refractivity contribution >= 4 is 47.4 Å². The van der Waals surface area contributed by atoms with Gasteiger partial charge in [-0.1, -0.05) is 6.07 Å². The fraction of sp³-hybridized carbons (Fsp3) is 0.286. The average molecular weight is 412 g/mol. The summed E-state index contributed by atoms with van der Waals surface area (Å²) in [5, 5.41) is 7.60. The number of rotatable bonds is 6. The van der Waals surface area contributed by atoms with Crippen LogP contribution < -0.4 is 9.73 Å². The minimum atomic E-state index is 0.0235. The molecule has 1 saturated carbocycles. The van der Waals surface area contributed by atoms with E-state index in [-0.39, 0.29) is 24.2 Å². The van der Waals surface area contributed by atoms with Gasteiger partial charge in [0, 0.05) is 36.3 Å². The molecular weight excluding hydrogens is 389 g/mol. The first-order valence-electron chi connectivity index (χ1n) is 9.37. The van der Waals surface area contributed by atoms with E-state index in [4.69, 9.17) is 0 Å². The maximum Gasteiger partial charge on any atom is 0.228 e. The Morgan fingerprint density at radius 3 is 2.76 bits per heavy atom. The standard InChI is InChI=1S/C21H22FN5OS/c1-12-13(2)17(27(23-3)29-22)8-7-16(12)18-9-15-10-20(24-11-19(15)26(18)4)25-21(28)14-5-6-14/h7-11,14H,3,5-6H2,1-2,4H3,(H,24,25,28). The molecule has 29 heavy (non-hydrogen) atoms. The number of halogens is 1. The Labute approximate surface area is 173 Å². The number of pyridine rings is 1. The van der Waals surface area contributed by atoms with Gasteiger partial charge in [0.05, 0.1) is 17.4 Å². The summed E-state index contributed by atoms with van der Waals surface area (Å²) in [6, 6.07) is 7.79. The number of nitrogens with one attached hydrogen (secondary N) is 1. The van der Waals surface area contributed by atoms with E-state index in [0.717, 1.165) is 50.5 Å². The van der Waals surface area contributed by atoms with Crippen LogP contribution in [-0.4, -0.2) is 22.2 Å². The van der Waals surface area contributed by atoms with Crippen LogP contribution in [0.2, 0.25) is 0 Å². The summed E-state index contributed by atoms with van der Waals surface area (Å²) < 4.78 is 16.4. The first kappa shape index (κ1) is 19.4. The summed E-state index contributed by atoms with van der Waals surface area (Å²) in [7, 11) is 1.99. The SMILES string of the molecule is C=NN(SF)c1ccc(-c2cc3cc(NC(=O)C4CC4)ncc3n2C)c(C)c1C. The van der Waals surface area contributed by atoms with E-state index in [9.17, 15) is 8.68 Å². The Morgan fingerprint density at radius 2 is 2.10 bits per heavy atom. The van der Waals surface area contributed by atoms with E-state index in [1.54, 1.807) is 6.20 Å². The Bertz CT molecular complexity index is 1120. The second-order valence-electron chi connectivity index (χ2n) is 7.35. The zero-order chi connectivity index (χ0) is 20.7. The highest BCUT2D eigenvalue weighted by Gasteiger charge is 2.29. The molecule has 1 aliphatic carbocycles. The van der Waals surface area contributed by atoms with Crippen molar-refractivity contribution in [1.29, 1.82) is 0 Å². The quantitative estimate of drug-likeness (QED) is 0.346. The Morgan fingerprint density at radius 1 is 1.34 bits per heavy atom. The van der Waals surface area contributed by atoms with Crippen LogP contribution in [0.25, 0.3) is 22.2 Å². The zero-order valence-corrected chi connectivity index (χ0v) is 17.4. The number of anilines is 2. The number of hydrazone groups is 1. The molecule has 150 valence electrons. The first-order valence-corrected chi connectivity index (χ1v) is 10.0. The molecule has 0 bridgehead atoms. The molecule has 0 unspecified atom stereocenters. The van der Waals surface area contributed by atoms with Gasteiger partial charge in [-0.15, -0.1) is 3.89 Å². The minimum Gasteiger partial charge on any atom is -0.342 e. The van der Waals surface area contributed by atoms with Gasteiger partial charge in [-0.05, 0) is 56.0 Å². The van der Waals surface area contributed by atoms with Crippen molar-refractivity contribution in [3.05, 3.63) is 41.6 Å². The molecule has 0 aliphatic heterocycles. The van der Waals surface area contributed by atoms with Crippen LogP contribution in [0.1, 0.15) is 24.0 Å². The molecule has 1 fully saturated rings. The lowest BCUT2D eigenvalue weighted by Crippen LogP contribution is -2.14. The third-order valence-electron chi connectivity index (χ3n) is 5.56. The normalized spacial score (nSPS) is 13.5. The van der Waals surface area contributed by atoms with Gasteiger partial charge in [0.25, 0.3) is 0 Å². The maximum atomic E-state index is 13.1. The van der Waals surface area contributed by atoms with Gasteiger partial charge >= 0.3 is 0 Å². The van der Waals surface area contributed by atoms with Gasteiger partial charge in [0.15, 0.2) is 12.3 Å². The van der Waals surface area contributed by atoms with Crippen molar-refractivity contribution in [1.82, 2.24) is 9.55 Å². The van der Waals surface area contributed by atoms with Crippen molar-refractivity contribution in [3.63, 3.8) is 0 Å². The molecule has 1 N–H and O–H groups in total. The van der Waals surface area contributed by atoms with E-state index >= 15 is 0 Å². The molecule has 2 heterocycles. The van der Waals surface area contributed by atoms with Gasteiger partial charge in [-0.25, -0.2) is 4.98 Å². The van der Waals surface area contributed by atoms with Crippen LogP contribution in [0.15, 0.2) is 35.6 Å². The molecule has 8 heteroatoms. The second kappa shape index (κ2) is 7.51. The van der Waals surface area contributed by atoms with E-state index < -0.39 is 0 Å². The number of carbonyl (C=O) groups excluding carboxylic acids is 1. The predicted molar refractivity (Wildman–Crippen MR) is 118 cm³/mol. The summed E-state index contributed by atoms with van der Waals surface area (Å²) in [5.41, 5.74) is 5.66. The predicted octanol–water partition coefficient (Wildman–Crippen LogP) is 5.16. The molecule has 1 amide bonds. The van der Waals surface area contributed by atoms with E-state index in [0.29, 0.717) is 11.5 Å². The molecule has 3 aromatic rings. The molecule has 6 nitrogen and oxygen atoms in total. The lowest BCUT2D eigenvalue weighted by molar-refractivity contribution is -0.117. The maximum absolute atomic E-state index is 13.1. The smallest absolute Gasteiger partial charge is 0.228 e. The summed E-state index contributed by atoms with van der Waals surface area (Å²) in [4.78, 5) is 16.4. The van der Waals surface area contributed by atoms with Crippen LogP contribution >= 0.6 is 12.3 Å². The number of aryl methyl sites for hydroxylation is 1. The van der Waals surface area contributed by atoms with Gasteiger partial charge in [-0.3, -0.25) is 4.79 Å². The van der Waals surface area contributed by atoms with E-state index in [1.165, 1.54) is 0 Å². The monoisotopic (exact) mass is 411 g/mol. The Hall–Kier alpha value is -2.87. The molecule has 0 saturated heterocycles. The largest absolute Gasteiger partial charge is 0.342 e. The van der Waals surface area contributed by atoms with Crippen LogP contribution in [0, 0.1) is 19.8 Å². The first-order chi connectivity index (χ1) is 13.9. The number of hydrogen-bond acceptors (Lipinski definition) is 5. The number of hydrogen-bond donors (Lipinski definition) is 1. The number of aromatic nitrogens is 2. The number of benzene rings is 1. The van der Waals surface area contributed by atoms with Crippen molar-refractivity contribution in [2.45, 2.75) is 26.7 Å². The number of amides is 1. The summed E-state index contributed by atoms with van der Waals surface area (Å²) >= 11 is 0.0235. The lowest BCUT2D eigenvalue weighted by Gasteiger charge is -2.18. The fourth-order valence-electron chi connectivity index (χ4n) is 3.56. The Balaban J connectivity index is 1.73. The molecule has 0 spiro atoms. The molecule has 1 aliphatic rings. The summed E-state index contributed by atoms with van der Waals surface area (Å²) in [6.45, 7) is 7.37.